The standard InChI is InChI=1S/C9H14Cl2O3/c1-9(2,3)7-5(4-6(10)11)13-8(12)14-7/h5-7H,4H2,1-3H3. The number of rotatable bonds is 2. The molecule has 1 heterocycles. The fraction of sp³-hybridized carbons (Fsp3) is 0.889. The van der Waals surface area contributed by atoms with Crippen LogP contribution in [0.2, 0.25) is 0 Å². The van der Waals surface area contributed by atoms with E-state index in [9.17, 15) is 4.79 Å². The Bertz CT molecular complexity index is 223. The molecule has 0 bridgehead atoms. The minimum atomic E-state index is -0.635. The number of hydrogen-bond donors (Lipinski definition) is 0. The topological polar surface area (TPSA) is 35.5 Å². The lowest BCUT2D eigenvalue weighted by molar-refractivity contribution is 0.0498. The van der Waals surface area contributed by atoms with Crippen molar-refractivity contribution in [3.8, 4) is 0 Å². The normalized spacial score (nSPS) is 27.7. The molecule has 0 aromatic rings. The first-order chi connectivity index (χ1) is 6.30. The third-order valence-corrected chi connectivity index (χ3v) is 2.43. The average Bonchev–Trinajstić information content (AvgIpc) is 2.28. The van der Waals surface area contributed by atoms with E-state index in [-0.39, 0.29) is 17.6 Å². The second-order valence-electron chi connectivity index (χ2n) is 4.44. The van der Waals surface area contributed by atoms with Crippen molar-refractivity contribution in [2.45, 2.75) is 44.2 Å². The molecule has 0 spiro atoms. The van der Waals surface area contributed by atoms with Crippen molar-refractivity contribution in [3.05, 3.63) is 0 Å². The largest absolute Gasteiger partial charge is 0.509 e. The summed E-state index contributed by atoms with van der Waals surface area (Å²) < 4.78 is 10.0. The molecule has 14 heavy (non-hydrogen) atoms. The van der Waals surface area contributed by atoms with Gasteiger partial charge in [0.05, 0.1) is 0 Å². The van der Waals surface area contributed by atoms with Gasteiger partial charge in [-0.15, -0.1) is 23.2 Å². The molecule has 1 aliphatic rings. The zero-order valence-electron chi connectivity index (χ0n) is 8.42. The van der Waals surface area contributed by atoms with E-state index in [1.807, 2.05) is 20.8 Å². The van der Waals surface area contributed by atoms with Gasteiger partial charge in [0.1, 0.15) is 17.0 Å². The lowest BCUT2D eigenvalue weighted by Gasteiger charge is -2.27. The minimum Gasteiger partial charge on any atom is -0.427 e. The van der Waals surface area contributed by atoms with E-state index >= 15 is 0 Å². The van der Waals surface area contributed by atoms with Crippen molar-refractivity contribution in [1.82, 2.24) is 0 Å². The summed E-state index contributed by atoms with van der Waals surface area (Å²) in [5.41, 5.74) is -0.167. The van der Waals surface area contributed by atoms with Crippen LogP contribution in [0.15, 0.2) is 0 Å². The van der Waals surface area contributed by atoms with Crippen LogP contribution in [-0.4, -0.2) is 23.2 Å². The van der Waals surface area contributed by atoms with Crippen LogP contribution in [-0.2, 0) is 9.47 Å². The summed E-state index contributed by atoms with van der Waals surface area (Å²) >= 11 is 11.3. The van der Waals surface area contributed by atoms with Gasteiger partial charge in [0.15, 0.2) is 0 Å². The van der Waals surface area contributed by atoms with Crippen molar-refractivity contribution in [1.29, 1.82) is 0 Å². The van der Waals surface area contributed by atoms with E-state index in [1.165, 1.54) is 0 Å². The number of carbonyl (C=O) groups excluding carboxylic acids is 1. The van der Waals surface area contributed by atoms with Gasteiger partial charge < -0.3 is 9.47 Å². The highest BCUT2D eigenvalue weighted by molar-refractivity contribution is 6.44. The lowest BCUT2D eigenvalue weighted by Crippen LogP contribution is -2.36. The highest BCUT2D eigenvalue weighted by Crippen LogP contribution is 2.34. The first kappa shape index (κ1) is 11.9. The molecule has 0 aliphatic carbocycles. The third-order valence-electron chi connectivity index (χ3n) is 2.07. The van der Waals surface area contributed by atoms with Gasteiger partial charge in [0.2, 0.25) is 0 Å². The summed E-state index contributed by atoms with van der Waals surface area (Å²) in [4.78, 5) is 10.4. The van der Waals surface area contributed by atoms with Crippen molar-refractivity contribution >= 4 is 29.4 Å². The maximum Gasteiger partial charge on any atom is 0.509 e. The highest BCUT2D eigenvalue weighted by Gasteiger charge is 2.44. The first-order valence-electron chi connectivity index (χ1n) is 4.46. The Morgan fingerprint density at radius 2 is 1.93 bits per heavy atom. The third kappa shape index (κ3) is 2.92. The Morgan fingerprint density at radius 3 is 2.36 bits per heavy atom. The summed E-state index contributed by atoms with van der Waals surface area (Å²) in [7, 11) is 0. The molecule has 5 heteroatoms. The Labute approximate surface area is 93.6 Å². The first-order valence-corrected chi connectivity index (χ1v) is 5.33. The molecule has 1 aliphatic heterocycles. The Hall–Kier alpha value is -0.150. The van der Waals surface area contributed by atoms with Crippen molar-refractivity contribution in [2.24, 2.45) is 5.41 Å². The Kier molecular flexibility index (Phi) is 3.53. The van der Waals surface area contributed by atoms with Crippen LogP contribution in [0.3, 0.4) is 0 Å². The van der Waals surface area contributed by atoms with Gasteiger partial charge in [-0.1, -0.05) is 20.8 Å². The molecule has 0 N–H and O–H groups in total. The molecule has 0 amide bonds. The number of hydrogen-bond acceptors (Lipinski definition) is 3. The predicted octanol–water partition coefficient (Wildman–Crippen LogP) is 3.13. The summed E-state index contributed by atoms with van der Waals surface area (Å²) in [5, 5.41) is 0. The van der Waals surface area contributed by atoms with Crippen LogP contribution in [0.5, 0.6) is 0 Å². The van der Waals surface area contributed by atoms with Gasteiger partial charge in [-0.3, -0.25) is 0 Å². The molecule has 1 saturated heterocycles. The zero-order valence-corrected chi connectivity index (χ0v) is 9.93. The summed E-state index contributed by atoms with van der Waals surface area (Å²) in [5.74, 6) is 0. The lowest BCUT2D eigenvalue weighted by atomic mass is 9.85. The van der Waals surface area contributed by atoms with Gasteiger partial charge in [-0.05, 0) is 0 Å². The quantitative estimate of drug-likeness (QED) is 0.550. The molecular weight excluding hydrogens is 227 g/mol. The van der Waals surface area contributed by atoms with E-state index in [4.69, 9.17) is 32.7 Å². The molecule has 82 valence electrons. The average molecular weight is 241 g/mol. The van der Waals surface area contributed by atoms with E-state index in [0.29, 0.717) is 6.42 Å². The van der Waals surface area contributed by atoms with Crippen LogP contribution in [0.25, 0.3) is 0 Å². The monoisotopic (exact) mass is 240 g/mol. The molecule has 1 fully saturated rings. The zero-order chi connectivity index (χ0) is 10.9. The predicted molar refractivity (Wildman–Crippen MR) is 54.7 cm³/mol. The second-order valence-corrected chi connectivity index (χ2v) is 5.71. The van der Waals surface area contributed by atoms with Crippen LogP contribution >= 0.6 is 23.2 Å². The van der Waals surface area contributed by atoms with E-state index < -0.39 is 11.0 Å². The molecule has 0 saturated carbocycles. The van der Waals surface area contributed by atoms with Crippen LogP contribution in [0.1, 0.15) is 27.2 Å². The van der Waals surface area contributed by atoms with Gasteiger partial charge in [0, 0.05) is 11.8 Å². The van der Waals surface area contributed by atoms with Crippen LogP contribution in [0.4, 0.5) is 4.79 Å². The SMILES string of the molecule is CC(C)(C)C1OC(=O)OC1CC(Cl)Cl. The van der Waals surface area contributed by atoms with Crippen molar-refractivity contribution in [2.75, 3.05) is 0 Å². The van der Waals surface area contributed by atoms with Crippen LogP contribution < -0.4 is 0 Å². The number of cyclic esters (lactones) is 2. The molecule has 1 rings (SSSR count). The maximum atomic E-state index is 11.0. The van der Waals surface area contributed by atoms with Gasteiger partial charge in [-0.25, -0.2) is 4.79 Å². The number of carbonyl (C=O) groups is 1. The number of halogens is 2. The maximum absolute atomic E-state index is 11.0. The van der Waals surface area contributed by atoms with E-state index in [1.54, 1.807) is 0 Å². The Balaban J connectivity index is 2.68. The summed E-state index contributed by atoms with van der Waals surface area (Å²) in [6, 6.07) is 0. The molecular formula is C9H14Cl2O3. The molecule has 0 aromatic heterocycles. The molecule has 2 atom stereocenters. The minimum absolute atomic E-state index is 0.167. The molecule has 0 aromatic carbocycles. The van der Waals surface area contributed by atoms with Gasteiger partial charge in [-0.2, -0.15) is 0 Å². The second kappa shape index (κ2) is 4.15. The van der Waals surface area contributed by atoms with Crippen molar-refractivity contribution < 1.29 is 14.3 Å². The summed E-state index contributed by atoms with van der Waals surface area (Å²) in [6.45, 7) is 5.93. The molecule has 0 radical (unpaired) electrons. The van der Waals surface area contributed by atoms with E-state index in [2.05, 4.69) is 0 Å². The fourth-order valence-electron chi connectivity index (χ4n) is 1.47. The Morgan fingerprint density at radius 1 is 1.36 bits per heavy atom. The van der Waals surface area contributed by atoms with Gasteiger partial charge in [0.25, 0.3) is 0 Å². The highest BCUT2D eigenvalue weighted by atomic mass is 35.5. The van der Waals surface area contributed by atoms with Crippen molar-refractivity contribution in [3.63, 3.8) is 0 Å². The summed E-state index contributed by atoms with van der Waals surface area (Å²) in [6.07, 6.45) is -0.863. The van der Waals surface area contributed by atoms with E-state index in [0.717, 1.165) is 0 Å². The van der Waals surface area contributed by atoms with Gasteiger partial charge >= 0.3 is 6.16 Å². The molecule has 3 nitrogen and oxygen atoms in total. The number of ether oxygens (including phenoxy) is 2. The number of alkyl halides is 2. The smallest absolute Gasteiger partial charge is 0.427 e. The molecule has 2 unspecified atom stereocenters. The fourth-order valence-corrected chi connectivity index (χ4v) is 1.83. The van der Waals surface area contributed by atoms with Crippen LogP contribution in [0, 0.1) is 5.41 Å².